The lowest BCUT2D eigenvalue weighted by Gasteiger charge is -2.26. The Balaban J connectivity index is 2.15. The van der Waals surface area contributed by atoms with Gasteiger partial charge in [-0.1, -0.05) is 37.6 Å². The fourth-order valence-corrected chi connectivity index (χ4v) is 2.82. The number of ether oxygens (including phenoxy) is 1. The summed E-state index contributed by atoms with van der Waals surface area (Å²) in [6, 6.07) is 7.68. The van der Waals surface area contributed by atoms with Crippen molar-refractivity contribution >= 4 is 17.4 Å². The molecule has 0 saturated carbocycles. The van der Waals surface area contributed by atoms with E-state index in [0.717, 1.165) is 44.8 Å². The van der Waals surface area contributed by atoms with Crippen molar-refractivity contribution in [3.63, 3.8) is 0 Å². The Kier molecular flexibility index (Phi) is 6.22. The zero-order chi connectivity index (χ0) is 15.2. The van der Waals surface area contributed by atoms with Crippen LogP contribution >= 0.6 is 11.6 Å². The monoisotopic (exact) mass is 309 g/mol. The lowest BCUT2D eigenvalue weighted by Crippen LogP contribution is -2.35. The smallest absolute Gasteiger partial charge is 0.144 e. The third-order valence-electron chi connectivity index (χ3n) is 3.94. The van der Waals surface area contributed by atoms with Gasteiger partial charge in [-0.15, -0.1) is 0 Å². The van der Waals surface area contributed by atoms with Gasteiger partial charge in [0.2, 0.25) is 0 Å². The van der Waals surface area contributed by atoms with Crippen molar-refractivity contribution in [3.8, 4) is 0 Å². The highest BCUT2D eigenvalue weighted by molar-refractivity contribution is 6.30. The minimum absolute atomic E-state index is 0.0360. The molecule has 0 spiro atoms. The molecule has 1 heterocycles. The average molecular weight is 310 g/mol. The van der Waals surface area contributed by atoms with Gasteiger partial charge >= 0.3 is 0 Å². The van der Waals surface area contributed by atoms with Gasteiger partial charge in [0.1, 0.15) is 5.78 Å². The number of nitrogens with zero attached hydrogens (tertiary/aromatic N) is 1. The molecule has 21 heavy (non-hydrogen) atoms. The maximum absolute atomic E-state index is 12.6. The molecule has 0 bridgehead atoms. The summed E-state index contributed by atoms with van der Waals surface area (Å²) in [5, 5.41) is 0.706. The fraction of sp³-hybridized carbons (Fsp3) is 0.588. The van der Waals surface area contributed by atoms with Crippen LogP contribution in [0.1, 0.15) is 31.7 Å². The molecule has 0 aliphatic carbocycles. The molecule has 1 saturated heterocycles. The molecule has 2 rings (SSSR count). The van der Waals surface area contributed by atoms with E-state index in [0.29, 0.717) is 10.8 Å². The van der Waals surface area contributed by atoms with Crippen LogP contribution in [-0.4, -0.2) is 43.5 Å². The Morgan fingerprint density at radius 2 is 1.95 bits per heavy atom. The lowest BCUT2D eigenvalue weighted by molar-refractivity contribution is -0.123. The predicted molar refractivity (Wildman–Crippen MR) is 85.9 cm³/mol. The summed E-state index contributed by atoms with van der Waals surface area (Å²) in [4.78, 5) is 14.9. The van der Waals surface area contributed by atoms with Crippen molar-refractivity contribution < 1.29 is 9.53 Å². The number of ketones is 1. The van der Waals surface area contributed by atoms with Gasteiger partial charge in [-0.2, -0.15) is 0 Å². The Hall–Kier alpha value is -0.900. The van der Waals surface area contributed by atoms with Crippen molar-refractivity contribution in [2.45, 2.75) is 26.2 Å². The van der Waals surface area contributed by atoms with Crippen molar-refractivity contribution in [1.29, 1.82) is 0 Å². The van der Waals surface area contributed by atoms with E-state index in [1.807, 2.05) is 38.1 Å². The molecule has 0 aromatic heterocycles. The van der Waals surface area contributed by atoms with E-state index in [-0.39, 0.29) is 11.8 Å². The van der Waals surface area contributed by atoms with E-state index >= 15 is 0 Å². The van der Waals surface area contributed by atoms with Gasteiger partial charge < -0.3 is 4.74 Å². The summed E-state index contributed by atoms with van der Waals surface area (Å²) in [5.74, 6) is 0.247. The third kappa shape index (κ3) is 4.80. The van der Waals surface area contributed by atoms with E-state index in [4.69, 9.17) is 16.3 Å². The molecule has 0 radical (unpaired) electrons. The Labute approximate surface area is 132 Å². The quantitative estimate of drug-likeness (QED) is 0.835. The van der Waals surface area contributed by atoms with Crippen LogP contribution in [-0.2, 0) is 9.53 Å². The highest BCUT2D eigenvalue weighted by Crippen LogP contribution is 2.24. The standard InChI is InChI=1S/C17H24ClNO2/c1-13(2)17(20)16(14-4-6-15(18)7-5-14)12-19-8-3-10-21-11-9-19/h4-7,13,16H,3,8-12H2,1-2H3/t16-/m0/s1. The third-order valence-corrected chi connectivity index (χ3v) is 4.19. The molecule has 0 N–H and O–H groups in total. The van der Waals surface area contributed by atoms with Crippen LogP contribution < -0.4 is 0 Å². The van der Waals surface area contributed by atoms with E-state index in [1.165, 1.54) is 0 Å². The molecule has 1 aliphatic heterocycles. The van der Waals surface area contributed by atoms with Crippen LogP contribution in [0.25, 0.3) is 0 Å². The largest absolute Gasteiger partial charge is 0.380 e. The van der Waals surface area contributed by atoms with Gasteiger partial charge in [-0.05, 0) is 24.1 Å². The second kappa shape index (κ2) is 7.92. The zero-order valence-electron chi connectivity index (χ0n) is 12.8. The molecule has 0 unspecified atom stereocenters. The van der Waals surface area contributed by atoms with Crippen LogP contribution in [0.3, 0.4) is 0 Å². The fourth-order valence-electron chi connectivity index (χ4n) is 2.70. The first-order chi connectivity index (χ1) is 10.1. The summed E-state index contributed by atoms with van der Waals surface area (Å²) in [6.07, 6.45) is 1.03. The minimum atomic E-state index is -0.0830. The Bertz CT molecular complexity index is 450. The average Bonchev–Trinajstić information content (AvgIpc) is 2.73. The topological polar surface area (TPSA) is 29.5 Å². The first kappa shape index (κ1) is 16.5. The van der Waals surface area contributed by atoms with E-state index in [1.54, 1.807) is 0 Å². The second-order valence-electron chi connectivity index (χ2n) is 5.93. The van der Waals surface area contributed by atoms with Crippen molar-refractivity contribution in [2.75, 3.05) is 32.8 Å². The van der Waals surface area contributed by atoms with Crippen LogP contribution in [0.4, 0.5) is 0 Å². The first-order valence-electron chi connectivity index (χ1n) is 7.67. The first-order valence-corrected chi connectivity index (χ1v) is 8.05. The van der Waals surface area contributed by atoms with Crippen molar-refractivity contribution in [2.24, 2.45) is 5.92 Å². The number of carbonyl (C=O) groups is 1. The molecule has 4 heteroatoms. The van der Waals surface area contributed by atoms with Crippen LogP contribution in [0, 0.1) is 5.92 Å². The number of carbonyl (C=O) groups excluding carboxylic acids is 1. The van der Waals surface area contributed by atoms with Gasteiger partial charge in [0.25, 0.3) is 0 Å². The van der Waals surface area contributed by atoms with Gasteiger partial charge in [-0.25, -0.2) is 0 Å². The molecular formula is C17H24ClNO2. The number of Topliss-reactive ketones (excluding diaryl/α,β-unsaturated/α-hetero) is 1. The van der Waals surface area contributed by atoms with Gasteiger partial charge in [0, 0.05) is 37.2 Å². The Morgan fingerprint density at radius 1 is 1.24 bits per heavy atom. The lowest BCUT2D eigenvalue weighted by atomic mass is 9.88. The zero-order valence-corrected chi connectivity index (χ0v) is 13.6. The van der Waals surface area contributed by atoms with Crippen LogP contribution in [0.15, 0.2) is 24.3 Å². The molecule has 116 valence electrons. The van der Waals surface area contributed by atoms with Crippen molar-refractivity contribution in [3.05, 3.63) is 34.9 Å². The molecule has 0 amide bonds. The number of hydrogen-bond donors (Lipinski definition) is 0. The van der Waals surface area contributed by atoms with Crippen molar-refractivity contribution in [1.82, 2.24) is 4.90 Å². The Morgan fingerprint density at radius 3 is 2.62 bits per heavy atom. The van der Waals surface area contributed by atoms with Crippen LogP contribution in [0.2, 0.25) is 5.02 Å². The molecular weight excluding hydrogens is 286 g/mol. The van der Waals surface area contributed by atoms with E-state index < -0.39 is 0 Å². The van der Waals surface area contributed by atoms with Crippen LogP contribution in [0.5, 0.6) is 0 Å². The van der Waals surface area contributed by atoms with E-state index in [2.05, 4.69) is 4.90 Å². The molecule has 3 nitrogen and oxygen atoms in total. The highest BCUT2D eigenvalue weighted by atomic mass is 35.5. The molecule has 1 atom stereocenters. The van der Waals surface area contributed by atoms with E-state index in [9.17, 15) is 4.79 Å². The second-order valence-corrected chi connectivity index (χ2v) is 6.36. The maximum Gasteiger partial charge on any atom is 0.144 e. The molecule has 1 aliphatic rings. The number of benzene rings is 1. The molecule has 1 fully saturated rings. The number of rotatable bonds is 5. The minimum Gasteiger partial charge on any atom is -0.380 e. The maximum atomic E-state index is 12.6. The number of halogens is 1. The summed E-state index contributed by atoms with van der Waals surface area (Å²) in [7, 11) is 0. The highest BCUT2D eigenvalue weighted by Gasteiger charge is 2.25. The summed E-state index contributed by atoms with van der Waals surface area (Å²) in [5.41, 5.74) is 1.06. The molecule has 1 aromatic carbocycles. The normalized spacial score (nSPS) is 18.5. The summed E-state index contributed by atoms with van der Waals surface area (Å²) < 4.78 is 5.49. The van der Waals surface area contributed by atoms with Gasteiger partial charge in [-0.3, -0.25) is 9.69 Å². The summed E-state index contributed by atoms with van der Waals surface area (Å²) >= 11 is 5.96. The van der Waals surface area contributed by atoms with Gasteiger partial charge in [0.15, 0.2) is 0 Å². The summed E-state index contributed by atoms with van der Waals surface area (Å²) in [6.45, 7) is 8.17. The number of hydrogen-bond acceptors (Lipinski definition) is 3. The molecule has 1 aromatic rings. The predicted octanol–water partition coefficient (Wildman–Crippen LogP) is 3.37. The van der Waals surface area contributed by atoms with Gasteiger partial charge in [0.05, 0.1) is 12.5 Å². The SMILES string of the molecule is CC(C)C(=O)[C@@H](CN1CCCOCC1)c1ccc(Cl)cc1.